The number of hydrogen-bond donors (Lipinski definition) is 0. The van der Waals surface area contributed by atoms with Gasteiger partial charge in [-0.25, -0.2) is 4.39 Å². The van der Waals surface area contributed by atoms with Gasteiger partial charge >= 0.3 is 0 Å². The molecule has 0 aliphatic heterocycles. The maximum absolute atomic E-state index is 13.3. The molecule has 0 saturated carbocycles. The van der Waals surface area contributed by atoms with Gasteiger partial charge in [-0.15, -0.1) is 0 Å². The summed E-state index contributed by atoms with van der Waals surface area (Å²) >= 11 is 5.92. The fourth-order valence-electron chi connectivity index (χ4n) is 1.24. The summed E-state index contributed by atoms with van der Waals surface area (Å²) in [4.78, 5) is 3.95. The van der Waals surface area contributed by atoms with Crippen LogP contribution in [0.1, 0.15) is 0 Å². The summed E-state index contributed by atoms with van der Waals surface area (Å²) in [5.74, 6) is -0.361. The van der Waals surface area contributed by atoms with E-state index in [-0.39, 0.29) is 11.5 Å². The highest BCUT2D eigenvalue weighted by Crippen LogP contribution is 2.27. The highest BCUT2D eigenvalue weighted by atomic mass is 35.5. The Hall–Kier alpha value is -1.41. The highest BCUT2D eigenvalue weighted by Gasteiger charge is 2.08. The van der Waals surface area contributed by atoms with Crippen molar-refractivity contribution in [3.05, 3.63) is 53.4 Å². The normalized spacial score (nSPS) is 10.1. The fourth-order valence-corrected chi connectivity index (χ4v) is 1.46. The lowest BCUT2D eigenvalue weighted by atomic mass is 10.1. The molecule has 2 aromatic rings. The number of nitrogens with zero attached hydrogens (tertiary/aromatic N) is 1. The summed E-state index contributed by atoms with van der Waals surface area (Å²) in [6.07, 6.45) is 1.54. The quantitative estimate of drug-likeness (QED) is 0.697. The monoisotopic (exact) mass is 207 g/mol. The minimum atomic E-state index is -0.361. The van der Waals surface area contributed by atoms with Crippen LogP contribution >= 0.6 is 11.6 Å². The van der Waals surface area contributed by atoms with E-state index in [1.54, 1.807) is 36.5 Å². The second-order valence-corrected chi connectivity index (χ2v) is 3.22. The van der Waals surface area contributed by atoms with Gasteiger partial charge in [0.1, 0.15) is 11.5 Å². The molecule has 0 radical (unpaired) electrons. The Bertz CT molecular complexity index is 413. The third-order valence-electron chi connectivity index (χ3n) is 1.89. The fraction of sp³-hybridized carbons (Fsp3) is 0. The van der Waals surface area contributed by atoms with Gasteiger partial charge < -0.3 is 0 Å². The molecule has 70 valence electrons. The minimum absolute atomic E-state index is 0.290. The van der Waals surface area contributed by atoms with Crippen LogP contribution in [0.5, 0.6) is 0 Å². The minimum Gasteiger partial charge on any atom is -0.253 e. The largest absolute Gasteiger partial charge is 0.253 e. The molecule has 0 spiro atoms. The van der Waals surface area contributed by atoms with Gasteiger partial charge in [-0.1, -0.05) is 29.8 Å². The van der Waals surface area contributed by atoms with E-state index < -0.39 is 0 Å². The number of hydrogen-bond acceptors (Lipinski definition) is 1. The predicted molar refractivity (Wildman–Crippen MR) is 54.6 cm³/mol. The molecule has 0 fully saturated rings. The van der Waals surface area contributed by atoms with Crippen molar-refractivity contribution in [2.45, 2.75) is 0 Å². The van der Waals surface area contributed by atoms with E-state index in [1.807, 2.05) is 0 Å². The molecule has 0 aliphatic rings. The van der Waals surface area contributed by atoms with Crippen LogP contribution in [0.15, 0.2) is 42.6 Å². The average Bonchev–Trinajstić information content (AvgIpc) is 2.20. The molecule has 0 aliphatic carbocycles. The third kappa shape index (κ3) is 1.61. The molecule has 2 rings (SSSR count). The van der Waals surface area contributed by atoms with E-state index in [2.05, 4.69) is 4.98 Å². The molecular formula is C11H7ClFN. The number of aromatic nitrogens is 1. The molecule has 0 N–H and O–H groups in total. The van der Waals surface area contributed by atoms with E-state index in [0.29, 0.717) is 10.6 Å². The maximum Gasteiger partial charge on any atom is 0.149 e. The summed E-state index contributed by atoms with van der Waals surface area (Å²) in [5, 5.41) is 0.505. The van der Waals surface area contributed by atoms with Gasteiger partial charge in [0.25, 0.3) is 0 Å². The molecule has 0 atom stereocenters. The third-order valence-corrected chi connectivity index (χ3v) is 2.22. The van der Waals surface area contributed by atoms with E-state index in [4.69, 9.17) is 11.6 Å². The summed E-state index contributed by atoms with van der Waals surface area (Å²) < 4.78 is 13.3. The lowest BCUT2D eigenvalue weighted by Crippen LogP contribution is -1.88. The van der Waals surface area contributed by atoms with Gasteiger partial charge in [-0.3, -0.25) is 4.98 Å². The Balaban J connectivity index is 2.61. The first-order valence-electron chi connectivity index (χ1n) is 4.14. The van der Waals surface area contributed by atoms with Crippen LogP contribution in [-0.4, -0.2) is 4.98 Å². The molecule has 1 nitrogen and oxygen atoms in total. The summed E-state index contributed by atoms with van der Waals surface area (Å²) in [6, 6.07) is 9.97. The van der Waals surface area contributed by atoms with Gasteiger partial charge in [0.05, 0.1) is 5.02 Å². The van der Waals surface area contributed by atoms with Crippen molar-refractivity contribution in [3.63, 3.8) is 0 Å². The smallest absolute Gasteiger partial charge is 0.149 e. The molecule has 14 heavy (non-hydrogen) atoms. The van der Waals surface area contributed by atoms with Crippen LogP contribution in [0.25, 0.3) is 11.3 Å². The van der Waals surface area contributed by atoms with Gasteiger partial charge in [-0.2, -0.15) is 0 Å². The van der Waals surface area contributed by atoms with Crippen LogP contribution < -0.4 is 0 Å². The van der Waals surface area contributed by atoms with Crippen molar-refractivity contribution in [2.75, 3.05) is 0 Å². The Kier molecular flexibility index (Phi) is 2.46. The van der Waals surface area contributed by atoms with Crippen molar-refractivity contribution >= 4 is 11.6 Å². The maximum atomic E-state index is 13.3. The van der Waals surface area contributed by atoms with Crippen molar-refractivity contribution in [1.82, 2.24) is 4.98 Å². The molecule has 1 aromatic carbocycles. The van der Waals surface area contributed by atoms with Crippen LogP contribution in [0.2, 0.25) is 5.02 Å². The Morgan fingerprint density at radius 3 is 2.57 bits per heavy atom. The molecule has 0 amide bonds. The van der Waals surface area contributed by atoms with E-state index in [0.717, 1.165) is 0 Å². The molecule has 3 heteroatoms. The standard InChI is InChI=1S/C11H7ClFN/c12-9-5-2-1-4-8(9)11-10(13)6-3-7-14-11/h1-7H. The van der Waals surface area contributed by atoms with E-state index in [9.17, 15) is 4.39 Å². The first-order chi connectivity index (χ1) is 6.79. The van der Waals surface area contributed by atoms with Crippen LogP contribution in [0.4, 0.5) is 4.39 Å². The Morgan fingerprint density at radius 2 is 1.86 bits per heavy atom. The Morgan fingerprint density at radius 1 is 1.07 bits per heavy atom. The average molecular weight is 208 g/mol. The number of benzene rings is 1. The van der Waals surface area contributed by atoms with Crippen molar-refractivity contribution in [3.8, 4) is 11.3 Å². The van der Waals surface area contributed by atoms with Gasteiger partial charge in [0.15, 0.2) is 0 Å². The zero-order chi connectivity index (χ0) is 9.97. The molecule has 1 heterocycles. The molecule has 1 aromatic heterocycles. The number of halogens is 2. The van der Waals surface area contributed by atoms with Crippen molar-refractivity contribution in [1.29, 1.82) is 0 Å². The van der Waals surface area contributed by atoms with E-state index >= 15 is 0 Å². The van der Waals surface area contributed by atoms with Gasteiger partial charge in [0, 0.05) is 11.8 Å². The second-order valence-electron chi connectivity index (χ2n) is 2.81. The van der Waals surface area contributed by atoms with E-state index in [1.165, 1.54) is 6.07 Å². The summed E-state index contributed by atoms with van der Waals surface area (Å²) in [5.41, 5.74) is 0.908. The summed E-state index contributed by atoms with van der Waals surface area (Å²) in [7, 11) is 0. The first-order valence-corrected chi connectivity index (χ1v) is 4.52. The second kappa shape index (κ2) is 3.76. The molecular weight excluding hydrogens is 201 g/mol. The molecule has 0 unspecified atom stereocenters. The highest BCUT2D eigenvalue weighted by molar-refractivity contribution is 6.33. The number of rotatable bonds is 1. The topological polar surface area (TPSA) is 12.9 Å². The zero-order valence-electron chi connectivity index (χ0n) is 7.24. The van der Waals surface area contributed by atoms with Crippen LogP contribution in [0.3, 0.4) is 0 Å². The van der Waals surface area contributed by atoms with Gasteiger partial charge in [-0.05, 0) is 18.2 Å². The number of pyridine rings is 1. The first kappa shape index (κ1) is 9.16. The lowest BCUT2D eigenvalue weighted by Gasteiger charge is -2.03. The Labute approximate surface area is 86.2 Å². The SMILES string of the molecule is Fc1cccnc1-c1ccccc1Cl. The predicted octanol–water partition coefficient (Wildman–Crippen LogP) is 3.54. The van der Waals surface area contributed by atoms with Crippen molar-refractivity contribution in [2.24, 2.45) is 0 Å². The van der Waals surface area contributed by atoms with Crippen LogP contribution in [0, 0.1) is 5.82 Å². The lowest BCUT2D eigenvalue weighted by molar-refractivity contribution is 0.626. The van der Waals surface area contributed by atoms with Gasteiger partial charge in [0.2, 0.25) is 0 Å². The van der Waals surface area contributed by atoms with Crippen LogP contribution in [-0.2, 0) is 0 Å². The zero-order valence-corrected chi connectivity index (χ0v) is 8.00. The molecule has 0 bridgehead atoms. The van der Waals surface area contributed by atoms with Crippen molar-refractivity contribution < 1.29 is 4.39 Å². The molecule has 0 saturated heterocycles. The summed E-state index contributed by atoms with van der Waals surface area (Å²) in [6.45, 7) is 0.